The lowest BCUT2D eigenvalue weighted by molar-refractivity contribution is 0.0697. The number of benzene rings is 1. The van der Waals surface area contributed by atoms with Gasteiger partial charge in [0.15, 0.2) is 0 Å². The Morgan fingerprint density at radius 2 is 1.95 bits per heavy atom. The lowest BCUT2D eigenvalue weighted by atomic mass is 10.1. The van der Waals surface area contributed by atoms with Gasteiger partial charge in [-0.1, -0.05) is 0 Å². The third-order valence-corrected chi connectivity index (χ3v) is 3.75. The van der Waals surface area contributed by atoms with Crippen LogP contribution in [0.1, 0.15) is 29.8 Å². The number of aromatic carboxylic acids is 1. The summed E-state index contributed by atoms with van der Waals surface area (Å²) in [5, 5.41) is 18.2. The summed E-state index contributed by atoms with van der Waals surface area (Å²) in [7, 11) is 0. The normalized spacial score (nSPS) is 16.2. The summed E-state index contributed by atoms with van der Waals surface area (Å²) in [5.74, 6) is -1.00. The summed E-state index contributed by atoms with van der Waals surface area (Å²) in [5.41, 5.74) is 1.43. The van der Waals surface area contributed by atoms with Crippen LogP contribution in [0.25, 0.3) is 0 Å². The summed E-state index contributed by atoms with van der Waals surface area (Å²) >= 11 is 0. The van der Waals surface area contributed by atoms with Crippen LogP contribution in [0.15, 0.2) is 18.2 Å². The molecule has 0 spiro atoms. The molecule has 0 amide bonds. The summed E-state index contributed by atoms with van der Waals surface area (Å²) in [6.45, 7) is 8.00. The van der Waals surface area contributed by atoms with Crippen molar-refractivity contribution in [3.05, 3.63) is 29.3 Å². The number of hydrogen-bond donors (Lipinski definition) is 1. The summed E-state index contributed by atoms with van der Waals surface area (Å²) in [4.78, 5) is 15.5. The lowest BCUT2D eigenvalue weighted by Crippen LogP contribution is -2.49. The minimum atomic E-state index is -1.00. The molecule has 0 bridgehead atoms. The topological polar surface area (TPSA) is 67.6 Å². The molecule has 0 unspecified atom stereocenters. The molecule has 0 saturated carbocycles. The van der Waals surface area contributed by atoms with Gasteiger partial charge in [0.25, 0.3) is 0 Å². The number of carbonyl (C=O) groups is 1. The van der Waals surface area contributed by atoms with Crippen LogP contribution in [0.3, 0.4) is 0 Å². The fourth-order valence-electron chi connectivity index (χ4n) is 2.51. The Bertz CT molecular complexity index is 541. The zero-order chi connectivity index (χ0) is 14.7. The Hall–Kier alpha value is -2.06. The van der Waals surface area contributed by atoms with E-state index in [1.54, 1.807) is 12.1 Å². The van der Waals surface area contributed by atoms with Crippen molar-refractivity contribution in [2.75, 3.05) is 31.1 Å². The van der Waals surface area contributed by atoms with Crippen LogP contribution in [0.5, 0.6) is 0 Å². The van der Waals surface area contributed by atoms with Gasteiger partial charge in [0.2, 0.25) is 0 Å². The van der Waals surface area contributed by atoms with E-state index < -0.39 is 5.97 Å². The first-order chi connectivity index (χ1) is 9.52. The van der Waals surface area contributed by atoms with Crippen molar-refractivity contribution in [1.82, 2.24) is 4.90 Å². The number of rotatable bonds is 3. The second-order valence-corrected chi connectivity index (χ2v) is 5.27. The van der Waals surface area contributed by atoms with Gasteiger partial charge < -0.3 is 10.0 Å². The minimum Gasteiger partial charge on any atom is -0.478 e. The zero-order valence-electron chi connectivity index (χ0n) is 11.8. The van der Waals surface area contributed by atoms with Crippen LogP contribution >= 0.6 is 0 Å². The third kappa shape index (κ3) is 2.91. The molecule has 1 saturated heterocycles. The van der Waals surface area contributed by atoms with Crippen molar-refractivity contribution in [3.63, 3.8) is 0 Å². The Kier molecular flexibility index (Phi) is 4.26. The Balaban J connectivity index is 2.18. The highest BCUT2D eigenvalue weighted by molar-refractivity contribution is 5.89. The Morgan fingerprint density at radius 1 is 1.30 bits per heavy atom. The van der Waals surface area contributed by atoms with E-state index in [0.717, 1.165) is 31.9 Å². The fourth-order valence-corrected chi connectivity index (χ4v) is 2.51. The van der Waals surface area contributed by atoms with E-state index in [0.29, 0.717) is 11.6 Å². The molecule has 0 atom stereocenters. The van der Waals surface area contributed by atoms with Crippen molar-refractivity contribution in [3.8, 4) is 6.07 Å². The van der Waals surface area contributed by atoms with Crippen LogP contribution in [-0.4, -0.2) is 48.2 Å². The molecule has 0 radical (unpaired) electrons. The molecule has 1 heterocycles. The van der Waals surface area contributed by atoms with Crippen molar-refractivity contribution in [2.45, 2.75) is 19.9 Å². The summed E-state index contributed by atoms with van der Waals surface area (Å²) in [6, 6.07) is 7.39. The molecule has 0 aromatic heterocycles. The molecule has 1 N–H and O–H groups in total. The molecule has 5 nitrogen and oxygen atoms in total. The van der Waals surface area contributed by atoms with Gasteiger partial charge in [0.05, 0.1) is 16.8 Å². The first-order valence-electron chi connectivity index (χ1n) is 6.79. The number of nitriles is 1. The molecular formula is C15H19N3O2. The first-order valence-corrected chi connectivity index (χ1v) is 6.79. The molecule has 2 rings (SSSR count). The van der Waals surface area contributed by atoms with Crippen LogP contribution < -0.4 is 4.90 Å². The van der Waals surface area contributed by atoms with Gasteiger partial charge in [-0.2, -0.15) is 5.26 Å². The smallest absolute Gasteiger partial charge is 0.335 e. The van der Waals surface area contributed by atoms with Crippen LogP contribution in [0.4, 0.5) is 5.69 Å². The fraction of sp³-hybridized carbons (Fsp3) is 0.467. The van der Waals surface area contributed by atoms with E-state index >= 15 is 0 Å². The molecule has 1 aromatic carbocycles. The van der Waals surface area contributed by atoms with Crippen molar-refractivity contribution in [1.29, 1.82) is 5.26 Å². The first kappa shape index (κ1) is 14.4. The van der Waals surface area contributed by atoms with Gasteiger partial charge in [-0.15, -0.1) is 0 Å². The van der Waals surface area contributed by atoms with Crippen molar-refractivity contribution >= 4 is 11.7 Å². The second-order valence-electron chi connectivity index (χ2n) is 5.27. The Morgan fingerprint density at radius 3 is 2.45 bits per heavy atom. The van der Waals surface area contributed by atoms with E-state index in [1.165, 1.54) is 6.07 Å². The van der Waals surface area contributed by atoms with Crippen molar-refractivity contribution in [2.24, 2.45) is 0 Å². The lowest BCUT2D eigenvalue weighted by Gasteiger charge is -2.38. The molecule has 1 aliphatic heterocycles. The van der Waals surface area contributed by atoms with Gasteiger partial charge in [-0.05, 0) is 32.0 Å². The maximum Gasteiger partial charge on any atom is 0.335 e. The van der Waals surface area contributed by atoms with Gasteiger partial charge in [-0.25, -0.2) is 4.79 Å². The number of nitrogens with zero attached hydrogens (tertiary/aromatic N) is 3. The van der Waals surface area contributed by atoms with E-state index in [4.69, 9.17) is 5.11 Å². The number of carboxylic acids is 1. The number of piperazine rings is 1. The number of hydrogen-bond acceptors (Lipinski definition) is 4. The van der Waals surface area contributed by atoms with Gasteiger partial charge in [0, 0.05) is 32.2 Å². The molecular weight excluding hydrogens is 254 g/mol. The largest absolute Gasteiger partial charge is 0.478 e. The maximum absolute atomic E-state index is 10.9. The van der Waals surface area contributed by atoms with E-state index in [1.807, 2.05) is 0 Å². The van der Waals surface area contributed by atoms with Gasteiger partial charge >= 0.3 is 5.97 Å². The quantitative estimate of drug-likeness (QED) is 0.909. The average Bonchev–Trinajstić information content (AvgIpc) is 2.46. The molecule has 0 aliphatic carbocycles. The molecule has 106 valence electrons. The van der Waals surface area contributed by atoms with E-state index in [9.17, 15) is 10.1 Å². The molecule has 1 aromatic rings. The predicted molar refractivity (Wildman–Crippen MR) is 77.0 cm³/mol. The average molecular weight is 273 g/mol. The van der Waals surface area contributed by atoms with Gasteiger partial charge in [0.1, 0.15) is 6.07 Å². The highest BCUT2D eigenvalue weighted by atomic mass is 16.4. The van der Waals surface area contributed by atoms with Crippen LogP contribution in [-0.2, 0) is 0 Å². The minimum absolute atomic E-state index is 0.158. The van der Waals surface area contributed by atoms with Crippen molar-refractivity contribution < 1.29 is 9.90 Å². The zero-order valence-corrected chi connectivity index (χ0v) is 11.8. The van der Waals surface area contributed by atoms with E-state index in [-0.39, 0.29) is 5.56 Å². The second kappa shape index (κ2) is 5.93. The molecule has 5 heteroatoms. The highest BCUT2D eigenvalue weighted by Crippen LogP contribution is 2.23. The molecule has 1 aliphatic rings. The van der Waals surface area contributed by atoms with E-state index in [2.05, 4.69) is 29.7 Å². The summed E-state index contributed by atoms with van der Waals surface area (Å²) in [6.07, 6.45) is 0. The monoisotopic (exact) mass is 273 g/mol. The third-order valence-electron chi connectivity index (χ3n) is 3.75. The number of carboxylic acid groups (broad SMARTS) is 1. The molecule has 20 heavy (non-hydrogen) atoms. The van der Waals surface area contributed by atoms with Crippen LogP contribution in [0, 0.1) is 11.3 Å². The van der Waals surface area contributed by atoms with Gasteiger partial charge in [-0.3, -0.25) is 4.90 Å². The summed E-state index contributed by atoms with van der Waals surface area (Å²) < 4.78 is 0. The maximum atomic E-state index is 10.9. The Labute approximate surface area is 119 Å². The van der Waals surface area contributed by atoms with Crippen LogP contribution in [0.2, 0.25) is 0 Å². The highest BCUT2D eigenvalue weighted by Gasteiger charge is 2.21. The number of anilines is 1. The predicted octanol–water partition coefficient (Wildman–Crippen LogP) is 1.79. The standard InChI is InChI=1S/C15H19N3O2/c1-11(2)17-5-7-18(8-6-17)14-4-3-12(15(19)20)9-13(14)10-16/h3-4,9,11H,5-8H2,1-2H3,(H,19,20). The SMILES string of the molecule is CC(C)N1CCN(c2ccc(C(=O)O)cc2C#N)CC1. The molecule has 1 fully saturated rings.